The predicted octanol–water partition coefficient (Wildman–Crippen LogP) is 3.92. The van der Waals surface area contributed by atoms with Gasteiger partial charge in [-0.25, -0.2) is 0 Å². The highest BCUT2D eigenvalue weighted by Crippen LogP contribution is 2.27. The first-order valence-corrected chi connectivity index (χ1v) is 5.24. The molecule has 2 aromatic rings. The van der Waals surface area contributed by atoms with Gasteiger partial charge in [0, 0.05) is 4.47 Å². The predicted molar refractivity (Wildman–Crippen MR) is 62.9 cm³/mol. The number of ether oxygens (including phenoxy) is 1. The molecule has 0 aliphatic heterocycles. The molecule has 0 radical (unpaired) electrons. The van der Waals surface area contributed by atoms with Crippen molar-refractivity contribution in [1.29, 1.82) is 0 Å². The van der Waals surface area contributed by atoms with Crippen molar-refractivity contribution in [2.24, 2.45) is 0 Å². The standard InChI is InChI=1S/C12H11BrO/c1-8-5-9-3-4-11(13)6-10(9)7-12(8)14-2/h3-7H,1-2H3. The van der Waals surface area contributed by atoms with Crippen molar-refractivity contribution >= 4 is 26.7 Å². The van der Waals surface area contributed by atoms with E-state index in [-0.39, 0.29) is 0 Å². The van der Waals surface area contributed by atoms with Gasteiger partial charge >= 0.3 is 0 Å². The highest BCUT2D eigenvalue weighted by atomic mass is 79.9. The highest BCUT2D eigenvalue weighted by molar-refractivity contribution is 9.10. The van der Waals surface area contributed by atoms with E-state index in [0.717, 1.165) is 10.2 Å². The lowest BCUT2D eigenvalue weighted by atomic mass is 10.1. The Bertz CT molecular complexity index is 477. The minimum Gasteiger partial charge on any atom is -0.496 e. The first-order valence-electron chi connectivity index (χ1n) is 4.44. The largest absolute Gasteiger partial charge is 0.496 e. The lowest BCUT2D eigenvalue weighted by molar-refractivity contribution is 0.412. The molecule has 0 aliphatic rings. The monoisotopic (exact) mass is 250 g/mol. The van der Waals surface area contributed by atoms with Crippen LogP contribution in [0.3, 0.4) is 0 Å². The SMILES string of the molecule is COc1cc2cc(Br)ccc2cc1C. The second-order valence-electron chi connectivity index (χ2n) is 3.31. The van der Waals surface area contributed by atoms with Crippen LogP contribution in [0.5, 0.6) is 5.75 Å². The lowest BCUT2D eigenvalue weighted by Gasteiger charge is -2.06. The van der Waals surface area contributed by atoms with Gasteiger partial charge in [-0.05, 0) is 47.5 Å². The summed E-state index contributed by atoms with van der Waals surface area (Å²) in [6.07, 6.45) is 0. The summed E-state index contributed by atoms with van der Waals surface area (Å²) in [7, 11) is 1.70. The summed E-state index contributed by atoms with van der Waals surface area (Å²) < 4.78 is 6.37. The van der Waals surface area contributed by atoms with Crippen LogP contribution >= 0.6 is 15.9 Å². The van der Waals surface area contributed by atoms with Gasteiger partial charge in [-0.15, -0.1) is 0 Å². The Balaban J connectivity index is 2.73. The average Bonchev–Trinajstić information content (AvgIpc) is 2.17. The van der Waals surface area contributed by atoms with Gasteiger partial charge in [-0.3, -0.25) is 0 Å². The van der Waals surface area contributed by atoms with Crippen LogP contribution < -0.4 is 4.74 Å². The van der Waals surface area contributed by atoms with Crippen LogP contribution in [-0.2, 0) is 0 Å². The van der Waals surface area contributed by atoms with Gasteiger partial charge < -0.3 is 4.74 Å². The molecule has 2 rings (SSSR count). The molecule has 0 saturated carbocycles. The van der Waals surface area contributed by atoms with Crippen molar-refractivity contribution < 1.29 is 4.74 Å². The third-order valence-corrected chi connectivity index (χ3v) is 2.81. The summed E-state index contributed by atoms with van der Waals surface area (Å²) in [5.74, 6) is 0.940. The van der Waals surface area contributed by atoms with E-state index in [9.17, 15) is 0 Å². The number of benzene rings is 2. The van der Waals surface area contributed by atoms with Crippen molar-refractivity contribution in [3.63, 3.8) is 0 Å². The Hall–Kier alpha value is -1.02. The third-order valence-electron chi connectivity index (χ3n) is 2.32. The Labute approximate surface area is 91.8 Å². The number of hydrogen-bond donors (Lipinski definition) is 0. The van der Waals surface area contributed by atoms with Crippen LogP contribution in [0.1, 0.15) is 5.56 Å². The van der Waals surface area contributed by atoms with Crippen molar-refractivity contribution in [3.05, 3.63) is 40.4 Å². The van der Waals surface area contributed by atoms with Gasteiger partial charge in [-0.1, -0.05) is 22.0 Å². The fourth-order valence-corrected chi connectivity index (χ4v) is 1.96. The van der Waals surface area contributed by atoms with Crippen LogP contribution in [0.4, 0.5) is 0 Å². The van der Waals surface area contributed by atoms with Gasteiger partial charge in [0.1, 0.15) is 5.75 Å². The molecule has 0 saturated heterocycles. The van der Waals surface area contributed by atoms with Crippen LogP contribution in [0, 0.1) is 6.92 Å². The van der Waals surface area contributed by atoms with E-state index in [1.165, 1.54) is 16.3 Å². The zero-order chi connectivity index (χ0) is 10.1. The second-order valence-corrected chi connectivity index (χ2v) is 4.23. The van der Waals surface area contributed by atoms with Crippen molar-refractivity contribution in [1.82, 2.24) is 0 Å². The first-order chi connectivity index (χ1) is 6.70. The average molecular weight is 251 g/mol. The molecular formula is C12H11BrO. The number of methoxy groups -OCH3 is 1. The van der Waals surface area contributed by atoms with E-state index in [2.05, 4.69) is 47.1 Å². The summed E-state index contributed by atoms with van der Waals surface area (Å²) in [5, 5.41) is 2.44. The Morgan fingerprint density at radius 1 is 1.07 bits per heavy atom. The number of rotatable bonds is 1. The number of hydrogen-bond acceptors (Lipinski definition) is 1. The van der Waals surface area contributed by atoms with Crippen LogP contribution in [0.15, 0.2) is 34.8 Å². The molecule has 0 fully saturated rings. The quantitative estimate of drug-likeness (QED) is 0.746. The van der Waals surface area contributed by atoms with Crippen LogP contribution in [0.25, 0.3) is 10.8 Å². The maximum atomic E-state index is 5.28. The molecular weight excluding hydrogens is 240 g/mol. The molecule has 1 nitrogen and oxygen atoms in total. The lowest BCUT2D eigenvalue weighted by Crippen LogP contribution is -1.87. The fourth-order valence-electron chi connectivity index (χ4n) is 1.58. The van der Waals surface area contributed by atoms with Crippen molar-refractivity contribution in [3.8, 4) is 5.75 Å². The van der Waals surface area contributed by atoms with Gasteiger partial charge in [0.05, 0.1) is 7.11 Å². The molecule has 0 spiro atoms. The molecule has 14 heavy (non-hydrogen) atoms. The molecule has 2 aromatic carbocycles. The molecule has 2 heteroatoms. The minimum absolute atomic E-state index is 0.940. The Morgan fingerprint density at radius 3 is 2.57 bits per heavy atom. The molecule has 0 heterocycles. The molecule has 0 aliphatic carbocycles. The zero-order valence-corrected chi connectivity index (χ0v) is 9.76. The third kappa shape index (κ3) is 1.62. The van der Waals surface area contributed by atoms with Gasteiger partial charge in [-0.2, -0.15) is 0 Å². The van der Waals surface area contributed by atoms with Crippen LogP contribution in [0.2, 0.25) is 0 Å². The van der Waals surface area contributed by atoms with E-state index < -0.39 is 0 Å². The summed E-state index contributed by atoms with van der Waals surface area (Å²) in [6.45, 7) is 2.06. The van der Waals surface area contributed by atoms with Crippen molar-refractivity contribution in [2.75, 3.05) is 7.11 Å². The molecule has 0 bridgehead atoms. The molecule has 0 amide bonds. The van der Waals surface area contributed by atoms with E-state index in [1.807, 2.05) is 6.07 Å². The summed E-state index contributed by atoms with van der Waals surface area (Å²) in [4.78, 5) is 0. The first kappa shape index (κ1) is 9.53. The number of aryl methyl sites for hydroxylation is 1. The van der Waals surface area contributed by atoms with Gasteiger partial charge in [0.15, 0.2) is 0 Å². The fraction of sp³-hybridized carbons (Fsp3) is 0.167. The molecule has 0 unspecified atom stereocenters. The highest BCUT2D eigenvalue weighted by Gasteiger charge is 2.01. The summed E-state index contributed by atoms with van der Waals surface area (Å²) >= 11 is 3.46. The zero-order valence-electron chi connectivity index (χ0n) is 8.17. The molecule has 0 aromatic heterocycles. The van der Waals surface area contributed by atoms with Crippen molar-refractivity contribution in [2.45, 2.75) is 6.92 Å². The summed E-state index contributed by atoms with van der Waals surface area (Å²) in [5.41, 5.74) is 1.17. The van der Waals surface area contributed by atoms with Crippen LogP contribution in [-0.4, -0.2) is 7.11 Å². The van der Waals surface area contributed by atoms with Gasteiger partial charge in [0.2, 0.25) is 0 Å². The topological polar surface area (TPSA) is 9.23 Å². The Morgan fingerprint density at radius 2 is 1.86 bits per heavy atom. The van der Waals surface area contributed by atoms with E-state index in [0.29, 0.717) is 0 Å². The smallest absolute Gasteiger partial charge is 0.122 e. The summed E-state index contributed by atoms with van der Waals surface area (Å²) in [6, 6.07) is 10.5. The molecule has 72 valence electrons. The van der Waals surface area contributed by atoms with Gasteiger partial charge in [0.25, 0.3) is 0 Å². The second kappa shape index (κ2) is 3.62. The van der Waals surface area contributed by atoms with E-state index in [4.69, 9.17) is 4.74 Å². The number of halogens is 1. The normalized spacial score (nSPS) is 10.5. The maximum Gasteiger partial charge on any atom is 0.122 e. The van der Waals surface area contributed by atoms with E-state index in [1.54, 1.807) is 7.11 Å². The van der Waals surface area contributed by atoms with E-state index >= 15 is 0 Å². The molecule has 0 atom stereocenters. The molecule has 0 N–H and O–H groups in total. The maximum absolute atomic E-state index is 5.28. The Kier molecular flexibility index (Phi) is 2.46. The number of fused-ring (bicyclic) bond motifs is 1. The minimum atomic E-state index is 0.940.